The highest BCUT2D eigenvalue weighted by Gasteiger charge is 2.10. The van der Waals surface area contributed by atoms with E-state index in [1.807, 2.05) is 21.6 Å². The highest BCUT2D eigenvalue weighted by atomic mass is 33.1. The van der Waals surface area contributed by atoms with Gasteiger partial charge in [0.25, 0.3) is 0 Å². The van der Waals surface area contributed by atoms with E-state index in [4.69, 9.17) is 0 Å². The second-order valence-corrected chi connectivity index (χ2v) is 7.50. The average molecular weight is 226 g/mol. The SMILES string of the molecule is CC(C)(C)SSCCc1ccccc1. The van der Waals surface area contributed by atoms with Gasteiger partial charge in [0.15, 0.2) is 0 Å². The van der Waals surface area contributed by atoms with E-state index < -0.39 is 0 Å². The van der Waals surface area contributed by atoms with E-state index in [0.29, 0.717) is 4.75 Å². The van der Waals surface area contributed by atoms with Gasteiger partial charge < -0.3 is 0 Å². The van der Waals surface area contributed by atoms with Crippen molar-refractivity contribution in [3.63, 3.8) is 0 Å². The molecule has 1 aromatic rings. The van der Waals surface area contributed by atoms with Crippen LogP contribution in [0.4, 0.5) is 0 Å². The van der Waals surface area contributed by atoms with Crippen LogP contribution >= 0.6 is 21.6 Å². The molecular weight excluding hydrogens is 208 g/mol. The lowest BCUT2D eigenvalue weighted by Gasteiger charge is -2.15. The van der Waals surface area contributed by atoms with Crippen LogP contribution in [-0.2, 0) is 6.42 Å². The van der Waals surface area contributed by atoms with Gasteiger partial charge in [-0.3, -0.25) is 0 Å². The first-order valence-electron chi connectivity index (χ1n) is 4.92. The maximum Gasteiger partial charge on any atom is 0.0179 e. The van der Waals surface area contributed by atoms with E-state index in [1.54, 1.807) is 0 Å². The van der Waals surface area contributed by atoms with Gasteiger partial charge in [0.2, 0.25) is 0 Å². The van der Waals surface area contributed by atoms with Crippen LogP contribution in [0.25, 0.3) is 0 Å². The molecule has 0 saturated carbocycles. The van der Waals surface area contributed by atoms with Gasteiger partial charge in [-0.15, -0.1) is 0 Å². The smallest absolute Gasteiger partial charge is 0.0179 e. The van der Waals surface area contributed by atoms with Gasteiger partial charge in [-0.05, 0) is 12.0 Å². The predicted octanol–water partition coefficient (Wildman–Crippen LogP) is 4.41. The molecule has 0 saturated heterocycles. The van der Waals surface area contributed by atoms with Crippen molar-refractivity contribution in [1.29, 1.82) is 0 Å². The van der Waals surface area contributed by atoms with Crippen molar-refractivity contribution in [3.8, 4) is 0 Å². The highest BCUT2D eigenvalue weighted by Crippen LogP contribution is 2.35. The van der Waals surface area contributed by atoms with Crippen molar-refractivity contribution in [3.05, 3.63) is 35.9 Å². The molecule has 0 atom stereocenters. The molecule has 0 heterocycles. The molecule has 0 radical (unpaired) electrons. The van der Waals surface area contributed by atoms with Crippen molar-refractivity contribution in [2.24, 2.45) is 0 Å². The zero-order valence-electron chi connectivity index (χ0n) is 9.12. The van der Waals surface area contributed by atoms with E-state index in [0.717, 1.165) is 0 Å². The van der Waals surface area contributed by atoms with Gasteiger partial charge in [-0.2, -0.15) is 0 Å². The topological polar surface area (TPSA) is 0 Å². The van der Waals surface area contributed by atoms with Crippen molar-refractivity contribution in [2.45, 2.75) is 31.9 Å². The molecule has 0 unspecified atom stereocenters. The molecule has 0 nitrogen and oxygen atoms in total. The van der Waals surface area contributed by atoms with Crippen LogP contribution in [0, 0.1) is 0 Å². The van der Waals surface area contributed by atoms with Crippen LogP contribution in [0.15, 0.2) is 30.3 Å². The molecule has 0 N–H and O–H groups in total. The van der Waals surface area contributed by atoms with Crippen LogP contribution in [0.1, 0.15) is 26.3 Å². The van der Waals surface area contributed by atoms with E-state index >= 15 is 0 Å². The van der Waals surface area contributed by atoms with Crippen LogP contribution in [0.5, 0.6) is 0 Å². The zero-order valence-corrected chi connectivity index (χ0v) is 10.8. The lowest BCUT2D eigenvalue weighted by molar-refractivity contribution is 0.810. The Morgan fingerprint density at radius 3 is 2.29 bits per heavy atom. The first-order valence-corrected chi connectivity index (χ1v) is 7.24. The molecule has 1 aromatic carbocycles. The summed E-state index contributed by atoms with van der Waals surface area (Å²) in [4.78, 5) is 0. The normalized spacial score (nSPS) is 11.6. The summed E-state index contributed by atoms with van der Waals surface area (Å²) in [6.07, 6.45) is 1.18. The van der Waals surface area contributed by atoms with E-state index in [9.17, 15) is 0 Å². The molecule has 0 aliphatic heterocycles. The summed E-state index contributed by atoms with van der Waals surface area (Å²) in [6.45, 7) is 6.77. The van der Waals surface area contributed by atoms with Crippen LogP contribution in [-0.4, -0.2) is 10.5 Å². The zero-order chi connectivity index (χ0) is 10.4. The molecule has 0 aliphatic rings. The average Bonchev–Trinajstić information content (AvgIpc) is 2.13. The van der Waals surface area contributed by atoms with Gasteiger partial charge in [-0.1, -0.05) is 72.7 Å². The third kappa shape index (κ3) is 5.61. The molecule has 14 heavy (non-hydrogen) atoms. The lowest BCUT2D eigenvalue weighted by Crippen LogP contribution is -2.04. The van der Waals surface area contributed by atoms with Gasteiger partial charge in [0.05, 0.1) is 0 Å². The summed E-state index contributed by atoms with van der Waals surface area (Å²) < 4.78 is 0.376. The standard InChI is InChI=1S/C12H18S2/c1-12(2,3)14-13-10-9-11-7-5-4-6-8-11/h4-8H,9-10H2,1-3H3. The molecular formula is C12H18S2. The number of benzene rings is 1. The molecule has 0 fully saturated rings. The summed E-state index contributed by atoms with van der Waals surface area (Å²) in [5.74, 6) is 1.20. The number of hydrogen-bond acceptors (Lipinski definition) is 2. The minimum atomic E-state index is 0.376. The molecule has 0 amide bonds. The Morgan fingerprint density at radius 1 is 1.07 bits per heavy atom. The van der Waals surface area contributed by atoms with Crippen molar-refractivity contribution in [2.75, 3.05) is 5.75 Å². The molecule has 2 heteroatoms. The molecule has 0 bridgehead atoms. The first kappa shape index (κ1) is 12.0. The summed E-state index contributed by atoms with van der Waals surface area (Å²) in [5, 5.41) is 0. The van der Waals surface area contributed by atoms with Gasteiger partial charge in [0, 0.05) is 10.5 Å². The second kappa shape index (κ2) is 5.72. The fraction of sp³-hybridized carbons (Fsp3) is 0.500. The van der Waals surface area contributed by atoms with Gasteiger partial charge in [-0.25, -0.2) is 0 Å². The van der Waals surface area contributed by atoms with Crippen LogP contribution in [0.2, 0.25) is 0 Å². The summed E-state index contributed by atoms with van der Waals surface area (Å²) in [7, 11) is 3.94. The maximum absolute atomic E-state index is 2.26. The second-order valence-electron chi connectivity index (χ2n) is 4.25. The first-order chi connectivity index (χ1) is 6.58. The number of aryl methyl sites for hydroxylation is 1. The van der Waals surface area contributed by atoms with Crippen LogP contribution in [0.3, 0.4) is 0 Å². The predicted molar refractivity (Wildman–Crippen MR) is 69.9 cm³/mol. The Balaban J connectivity index is 2.17. The molecule has 0 aliphatic carbocycles. The number of hydrogen-bond donors (Lipinski definition) is 0. The highest BCUT2D eigenvalue weighted by molar-refractivity contribution is 8.77. The minimum Gasteiger partial charge on any atom is -0.0933 e. The van der Waals surface area contributed by atoms with Crippen molar-refractivity contribution < 1.29 is 0 Å². The third-order valence-electron chi connectivity index (χ3n) is 1.63. The van der Waals surface area contributed by atoms with E-state index in [-0.39, 0.29) is 0 Å². The molecule has 78 valence electrons. The van der Waals surface area contributed by atoms with E-state index in [1.165, 1.54) is 17.7 Å². The summed E-state index contributed by atoms with van der Waals surface area (Å²) in [5.41, 5.74) is 1.44. The van der Waals surface area contributed by atoms with Crippen molar-refractivity contribution in [1.82, 2.24) is 0 Å². The van der Waals surface area contributed by atoms with Crippen LogP contribution < -0.4 is 0 Å². The third-order valence-corrected chi connectivity index (χ3v) is 4.97. The molecule has 0 spiro atoms. The quantitative estimate of drug-likeness (QED) is 0.551. The summed E-state index contributed by atoms with van der Waals surface area (Å²) in [6, 6.07) is 10.7. The fourth-order valence-corrected chi connectivity index (χ4v) is 3.34. The Labute approximate surface area is 95.3 Å². The Hall–Kier alpha value is -0.0800. The minimum absolute atomic E-state index is 0.376. The van der Waals surface area contributed by atoms with E-state index in [2.05, 4.69) is 51.1 Å². The fourth-order valence-electron chi connectivity index (χ4n) is 1.02. The van der Waals surface area contributed by atoms with Gasteiger partial charge in [0.1, 0.15) is 0 Å². The largest absolute Gasteiger partial charge is 0.0933 e. The lowest BCUT2D eigenvalue weighted by atomic mass is 10.2. The van der Waals surface area contributed by atoms with Crippen molar-refractivity contribution >= 4 is 21.6 Å². The maximum atomic E-state index is 2.26. The Bertz CT molecular complexity index is 249. The Kier molecular flexibility index (Phi) is 4.90. The Morgan fingerprint density at radius 2 is 1.71 bits per heavy atom. The van der Waals surface area contributed by atoms with Gasteiger partial charge >= 0.3 is 0 Å². The number of rotatable bonds is 4. The monoisotopic (exact) mass is 226 g/mol. The molecule has 0 aromatic heterocycles. The summed E-state index contributed by atoms with van der Waals surface area (Å²) >= 11 is 0. The molecule has 1 rings (SSSR count).